The summed E-state index contributed by atoms with van der Waals surface area (Å²) in [5, 5.41) is 0. The average Bonchev–Trinajstić information content (AvgIpc) is 2.17. The molecule has 0 bridgehead atoms. The number of nitrogens with two attached hydrogens (primary N) is 1. The van der Waals surface area contributed by atoms with Crippen molar-refractivity contribution in [3.8, 4) is 5.75 Å². The molecule has 1 aromatic rings. The van der Waals surface area contributed by atoms with Crippen LogP contribution in [0.5, 0.6) is 5.75 Å². The molecule has 0 amide bonds. The molecule has 0 aliphatic rings. The minimum Gasteiger partial charge on any atom is -0.493 e. The first kappa shape index (κ1) is 12.0. The van der Waals surface area contributed by atoms with Crippen molar-refractivity contribution in [1.82, 2.24) is 0 Å². The van der Waals surface area contributed by atoms with E-state index in [1.807, 2.05) is 0 Å². The third kappa shape index (κ3) is 4.30. The summed E-state index contributed by atoms with van der Waals surface area (Å²) in [6.45, 7) is 4.68. The quantitative estimate of drug-likeness (QED) is 0.812. The maximum Gasteiger partial charge on any atom is 0.126 e. The maximum absolute atomic E-state index is 12.8. The number of hydrogen-bond acceptors (Lipinski definition) is 2. The Kier molecular flexibility index (Phi) is 4.56. The Hall–Kier alpha value is -1.09. The minimum atomic E-state index is -0.277. The molecule has 2 nitrogen and oxygen atoms in total. The summed E-state index contributed by atoms with van der Waals surface area (Å²) in [5.41, 5.74) is 5.86. The first-order valence-electron chi connectivity index (χ1n) is 5.23. The van der Waals surface area contributed by atoms with Crippen molar-refractivity contribution in [1.29, 1.82) is 0 Å². The molecule has 15 heavy (non-hydrogen) atoms. The molecular weight excluding hydrogens is 193 g/mol. The highest BCUT2D eigenvalue weighted by molar-refractivity contribution is 5.22. The molecular formula is C12H18FNO. The topological polar surface area (TPSA) is 35.2 Å². The molecule has 0 aliphatic carbocycles. The molecule has 0 spiro atoms. The Bertz CT molecular complexity index is 301. The van der Waals surface area contributed by atoms with Crippen molar-refractivity contribution in [3.05, 3.63) is 30.1 Å². The van der Waals surface area contributed by atoms with E-state index in [2.05, 4.69) is 13.8 Å². The van der Waals surface area contributed by atoms with Crippen LogP contribution >= 0.6 is 0 Å². The summed E-state index contributed by atoms with van der Waals surface area (Å²) in [4.78, 5) is 0. The monoisotopic (exact) mass is 211 g/mol. The third-order valence-corrected chi connectivity index (χ3v) is 2.37. The zero-order valence-electron chi connectivity index (χ0n) is 9.24. The lowest BCUT2D eigenvalue weighted by Gasteiger charge is -2.15. The molecule has 0 aliphatic heterocycles. The molecule has 1 atom stereocenters. The molecule has 0 saturated heterocycles. The van der Waals surface area contributed by atoms with Crippen LogP contribution in [0.4, 0.5) is 4.39 Å². The largest absolute Gasteiger partial charge is 0.493 e. The zero-order valence-corrected chi connectivity index (χ0v) is 9.24. The second-order valence-corrected chi connectivity index (χ2v) is 4.00. The van der Waals surface area contributed by atoms with Crippen LogP contribution in [-0.2, 0) is 0 Å². The summed E-state index contributed by atoms with van der Waals surface area (Å²) < 4.78 is 18.2. The summed E-state index contributed by atoms with van der Waals surface area (Å²) in [5.74, 6) is 0.729. The predicted octanol–water partition coefficient (Wildman–Crippen LogP) is 2.58. The van der Waals surface area contributed by atoms with Gasteiger partial charge < -0.3 is 10.5 Å². The van der Waals surface area contributed by atoms with Crippen LogP contribution in [0.2, 0.25) is 0 Å². The minimum absolute atomic E-state index is 0.138. The lowest BCUT2D eigenvalue weighted by molar-refractivity contribution is 0.281. The van der Waals surface area contributed by atoms with Crippen LogP contribution in [0.3, 0.4) is 0 Å². The Balaban J connectivity index is 2.32. The highest BCUT2D eigenvalue weighted by Crippen LogP contribution is 2.12. The highest BCUT2D eigenvalue weighted by Gasteiger charge is 2.07. The molecule has 3 heteroatoms. The van der Waals surface area contributed by atoms with Gasteiger partial charge in [-0.2, -0.15) is 0 Å². The lowest BCUT2D eigenvalue weighted by atomic mass is 10.0. The van der Waals surface area contributed by atoms with Gasteiger partial charge in [0.15, 0.2) is 0 Å². The summed E-state index contributed by atoms with van der Waals surface area (Å²) in [6, 6.07) is 6.28. The van der Waals surface area contributed by atoms with Gasteiger partial charge in [0.25, 0.3) is 0 Å². The number of halogens is 1. The molecule has 84 valence electrons. The van der Waals surface area contributed by atoms with Crippen molar-refractivity contribution in [2.45, 2.75) is 26.3 Å². The fourth-order valence-corrected chi connectivity index (χ4v) is 1.20. The smallest absolute Gasteiger partial charge is 0.126 e. The van der Waals surface area contributed by atoms with E-state index < -0.39 is 0 Å². The van der Waals surface area contributed by atoms with E-state index in [-0.39, 0.29) is 11.9 Å². The van der Waals surface area contributed by atoms with Crippen molar-refractivity contribution in [2.75, 3.05) is 6.61 Å². The third-order valence-electron chi connectivity index (χ3n) is 2.37. The van der Waals surface area contributed by atoms with E-state index in [0.717, 1.165) is 6.42 Å². The molecule has 0 heterocycles. The van der Waals surface area contributed by atoms with Crippen LogP contribution in [0.15, 0.2) is 24.3 Å². The first-order chi connectivity index (χ1) is 7.09. The van der Waals surface area contributed by atoms with Gasteiger partial charge in [0.05, 0.1) is 6.61 Å². The van der Waals surface area contributed by atoms with Gasteiger partial charge in [0.1, 0.15) is 11.6 Å². The average molecular weight is 211 g/mol. The molecule has 1 unspecified atom stereocenters. The Morgan fingerprint density at radius 1 is 1.40 bits per heavy atom. The van der Waals surface area contributed by atoms with Gasteiger partial charge in [-0.3, -0.25) is 0 Å². The number of rotatable bonds is 5. The molecule has 0 saturated carbocycles. The van der Waals surface area contributed by atoms with Crippen molar-refractivity contribution in [3.63, 3.8) is 0 Å². The molecule has 1 rings (SSSR count). The van der Waals surface area contributed by atoms with Crippen LogP contribution in [0.1, 0.15) is 20.3 Å². The predicted molar refractivity (Wildman–Crippen MR) is 59.3 cm³/mol. The number of hydrogen-bond donors (Lipinski definition) is 1. The Morgan fingerprint density at radius 2 is 2.13 bits per heavy atom. The summed E-state index contributed by atoms with van der Waals surface area (Å²) >= 11 is 0. The van der Waals surface area contributed by atoms with Gasteiger partial charge in [-0.1, -0.05) is 19.9 Å². The normalized spacial score (nSPS) is 12.9. The van der Waals surface area contributed by atoms with E-state index >= 15 is 0 Å². The number of ether oxygens (including phenoxy) is 1. The van der Waals surface area contributed by atoms with Gasteiger partial charge in [-0.05, 0) is 24.5 Å². The van der Waals surface area contributed by atoms with Gasteiger partial charge in [-0.25, -0.2) is 4.39 Å². The molecule has 0 aromatic heterocycles. The van der Waals surface area contributed by atoms with Crippen LogP contribution in [-0.4, -0.2) is 12.6 Å². The Morgan fingerprint density at radius 3 is 2.73 bits per heavy atom. The van der Waals surface area contributed by atoms with E-state index in [1.165, 1.54) is 12.1 Å². The second kappa shape index (κ2) is 5.71. The van der Waals surface area contributed by atoms with Crippen molar-refractivity contribution < 1.29 is 9.13 Å². The number of benzene rings is 1. The SMILES string of the molecule is CC(C)C(N)CCOc1cccc(F)c1. The van der Waals surface area contributed by atoms with E-state index in [9.17, 15) is 4.39 Å². The van der Waals surface area contributed by atoms with Gasteiger partial charge in [-0.15, -0.1) is 0 Å². The maximum atomic E-state index is 12.8. The fraction of sp³-hybridized carbons (Fsp3) is 0.500. The molecule has 0 radical (unpaired) electrons. The van der Waals surface area contributed by atoms with Gasteiger partial charge in [0, 0.05) is 12.1 Å². The van der Waals surface area contributed by atoms with Gasteiger partial charge >= 0.3 is 0 Å². The van der Waals surface area contributed by atoms with Crippen LogP contribution in [0, 0.1) is 11.7 Å². The molecule has 0 fully saturated rings. The summed E-state index contributed by atoms with van der Waals surface area (Å²) in [6.07, 6.45) is 0.786. The zero-order chi connectivity index (χ0) is 11.3. The van der Waals surface area contributed by atoms with E-state index in [0.29, 0.717) is 18.3 Å². The van der Waals surface area contributed by atoms with Crippen LogP contribution in [0.25, 0.3) is 0 Å². The van der Waals surface area contributed by atoms with Gasteiger partial charge in [0.2, 0.25) is 0 Å². The van der Waals surface area contributed by atoms with Crippen molar-refractivity contribution >= 4 is 0 Å². The van der Waals surface area contributed by atoms with E-state index in [4.69, 9.17) is 10.5 Å². The van der Waals surface area contributed by atoms with Crippen molar-refractivity contribution in [2.24, 2.45) is 11.7 Å². The molecule has 2 N–H and O–H groups in total. The standard InChI is InChI=1S/C12H18FNO/c1-9(2)12(14)6-7-15-11-5-3-4-10(13)8-11/h3-5,8-9,12H,6-7,14H2,1-2H3. The second-order valence-electron chi connectivity index (χ2n) is 4.00. The van der Waals surface area contributed by atoms with E-state index in [1.54, 1.807) is 12.1 Å². The lowest BCUT2D eigenvalue weighted by Crippen LogP contribution is -2.28. The summed E-state index contributed by atoms with van der Waals surface area (Å²) in [7, 11) is 0. The molecule has 1 aromatic carbocycles. The first-order valence-corrected chi connectivity index (χ1v) is 5.23. The highest BCUT2D eigenvalue weighted by atomic mass is 19.1. The Labute approximate surface area is 90.2 Å². The fourth-order valence-electron chi connectivity index (χ4n) is 1.20. The van der Waals surface area contributed by atoms with Crippen LogP contribution < -0.4 is 10.5 Å².